The number of piperazine rings is 1. The number of rotatable bonds is 8. The van der Waals surface area contributed by atoms with Crippen LogP contribution in [-0.4, -0.2) is 78.5 Å². The van der Waals surface area contributed by atoms with Gasteiger partial charge in [0, 0.05) is 44.9 Å². The molecule has 0 spiro atoms. The summed E-state index contributed by atoms with van der Waals surface area (Å²) in [5, 5.41) is 9.82. The molecular formula is C22H27N5O4. The van der Waals surface area contributed by atoms with Crippen molar-refractivity contribution in [3.63, 3.8) is 0 Å². The first kappa shape index (κ1) is 21.1. The average Bonchev–Trinajstić information content (AvgIpc) is 2.80. The molecular weight excluding hydrogens is 398 g/mol. The Labute approximate surface area is 181 Å². The molecule has 1 aliphatic heterocycles. The third kappa shape index (κ3) is 5.13. The van der Waals surface area contributed by atoms with Gasteiger partial charge in [-0.3, -0.25) is 15.6 Å². The van der Waals surface area contributed by atoms with Crippen LogP contribution >= 0.6 is 0 Å². The molecule has 0 atom stereocenters. The highest BCUT2D eigenvalue weighted by atomic mass is 16.5. The van der Waals surface area contributed by atoms with E-state index in [-0.39, 0.29) is 0 Å². The van der Waals surface area contributed by atoms with Crippen molar-refractivity contribution in [1.29, 1.82) is 0 Å². The predicted molar refractivity (Wildman–Crippen MR) is 117 cm³/mol. The van der Waals surface area contributed by atoms with Crippen LogP contribution in [0.15, 0.2) is 42.7 Å². The topological polar surface area (TPSA) is 92.2 Å². The Hall–Kier alpha value is -3.14. The van der Waals surface area contributed by atoms with E-state index >= 15 is 0 Å². The number of hydrogen-bond acceptors (Lipinski definition) is 9. The van der Waals surface area contributed by atoms with Gasteiger partial charge in [-0.15, -0.1) is 0 Å². The molecule has 164 valence electrons. The molecule has 3 aromatic rings. The molecule has 9 nitrogen and oxygen atoms in total. The zero-order valence-electron chi connectivity index (χ0n) is 17.7. The Bertz CT molecular complexity index is 1020. The van der Waals surface area contributed by atoms with Crippen molar-refractivity contribution in [2.45, 2.75) is 0 Å². The number of likely N-dealkylation sites (N-methyl/N-ethyl adjacent to an activating group) is 1. The normalized spacial score (nSPS) is 15.1. The van der Waals surface area contributed by atoms with E-state index in [0.29, 0.717) is 46.3 Å². The second-order valence-electron chi connectivity index (χ2n) is 7.43. The Kier molecular flexibility index (Phi) is 6.66. The summed E-state index contributed by atoms with van der Waals surface area (Å²) in [4.78, 5) is 13.4. The fourth-order valence-corrected chi connectivity index (χ4v) is 3.49. The number of anilines is 1. The Balaban J connectivity index is 1.53. The maximum absolute atomic E-state index is 9.12. The molecule has 4 rings (SSSR count). The van der Waals surface area contributed by atoms with Crippen LogP contribution in [-0.2, 0) is 0 Å². The van der Waals surface area contributed by atoms with Gasteiger partial charge in [-0.25, -0.2) is 9.97 Å². The summed E-state index contributed by atoms with van der Waals surface area (Å²) in [5.41, 5.74) is 3.32. The maximum Gasteiger partial charge on any atom is 0.230 e. The SMILES string of the molecule is COc1cc2ncnc(Oc3cccc(NO)c3)c2cc1OCCN1CCN(C)CC1. The van der Waals surface area contributed by atoms with Crippen molar-refractivity contribution in [2.75, 3.05) is 59.0 Å². The van der Waals surface area contributed by atoms with Crippen LogP contribution in [0.25, 0.3) is 10.9 Å². The van der Waals surface area contributed by atoms with E-state index in [4.69, 9.17) is 19.4 Å². The third-order valence-corrected chi connectivity index (χ3v) is 5.32. The molecule has 0 unspecified atom stereocenters. The highest BCUT2D eigenvalue weighted by molar-refractivity contribution is 5.87. The van der Waals surface area contributed by atoms with Crippen LogP contribution in [0.3, 0.4) is 0 Å². The van der Waals surface area contributed by atoms with Gasteiger partial charge in [0.2, 0.25) is 5.88 Å². The second kappa shape index (κ2) is 9.78. The third-order valence-electron chi connectivity index (χ3n) is 5.32. The van der Waals surface area contributed by atoms with Crippen LogP contribution < -0.4 is 19.7 Å². The molecule has 0 bridgehead atoms. The molecule has 31 heavy (non-hydrogen) atoms. The Morgan fingerprint density at radius 2 is 1.90 bits per heavy atom. The smallest absolute Gasteiger partial charge is 0.230 e. The summed E-state index contributed by atoms with van der Waals surface area (Å²) in [5.74, 6) is 2.16. The number of benzene rings is 2. The summed E-state index contributed by atoms with van der Waals surface area (Å²) < 4.78 is 17.5. The molecule has 1 fully saturated rings. The van der Waals surface area contributed by atoms with E-state index in [2.05, 4.69) is 32.3 Å². The summed E-state index contributed by atoms with van der Waals surface area (Å²) in [7, 11) is 3.76. The van der Waals surface area contributed by atoms with Crippen LogP contribution in [0.1, 0.15) is 0 Å². The first-order valence-corrected chi connectivity index (χ1v) is 10.2. The lowest BCUT2D eigenvalue weighted by Crippen LogP contribution is -2.45. The fraction of sp³-hybridized carbons (Fsp3) is 0.364. The lowest BCUT2D eigenvalue weighted by molar-refractivity contribution is 0.133. The number of ether oxygens (including phenoxy) is 3. The zero-order chi connectivity index (χ0) is 21.6. The lowest BCUT2D eigenvalue weighted by atomic mass is 10.2. The molecule has 2 heterocycles. The number of nitrogens with one attached hydrogen (secondary N) is 1. The number of aromatic nitrogens is 2. The predicted octanol–water partition coefficient (Wildman–Crippen LogP) is 2.86. The van der Waals surface area contributed by atoms with E-state index in [9.17, 15) is 0 Å². The van der Waals surface area contributed by atoms with Gasteiger partial charge in [-0.2, -0.15) is 0 Å². The monoisotopic (exact) mass is 425 g/mol. The van der Waals surface area contributed by atoms with E-state index < -0.39 is 0 Å². The minimum absolute atomic E-state index is 0.395. The fourth-order valence-electron chi connectivity index (χ4n) is 3.49. The van der Waals surface area contributed by atoms with E-state index in [0.717, 1.165) is 32.7 Å². The van der Waals surface area contributed by atoms with Gasteiger partial charge < -0.3 is 19.1 Å². The molecule has 9 heteroatoms. The summed E-state index contributed by atoms with van der Waals surface area (Å²) in [6.07, 6.45) is 1.44. The van der Waals surface area contributed by atoms with Crippen molar-refractivity contribution < 1.29 is 19.4 Å². The number of hydrogen-bond donors (Lipinski definition) is 2. The summed E-state index contributed by atoms with van der Waals surface area (Å²) >= 11 is 0. The molecule has 0 saturated carbocycles. The first-order valence-electron chi connectivity index (χ1n) is 10.2. The van der Waals surface area contributed by atoms with Crippen molar-refractivity contribution in [1.82, 2.24) is 19.8 Å². The average molecular weight is 425 g/mol. The molecule has 0 radical (unpaired) electrons. The van der Waals surface area contributed by atoms with Gasteiger partial charge in [-0.1, -0.05) is 6.07 Å². The molecule has 2 N–H and O–H groups in total. The number of fused-ring (bicyclic) bond motifs is 1. The van der Waals surface area contributed by atoms with E-state index in [1.54, 1.807) is 31.4 Å². The largest absolute Gasteiger partial charge is 0.493 e. The van der Waals surface area contributed by atoms with E-state index in [1.165, 1.54) is 6.33 Å². The van der Waals surface area contributed by atoms with Crippen molar-refractivity contribution >= 4 is 16.6 Å². The van der Waals surface area contributed by atoms with Gasteiger partial charge >= 0.3 is 0 Å². The van der Waals surface area contributed by atoms with Gasteiger partial charge in [0.05, 0.1) is 23.7 Å². The minimum atomic E-state index is 0.395. The Morgan fingerprint density at radius 3 is 2.68 bits per heavy atom. The van der Waals surface area contributed by atoms with Gasteiger partial charge in [0.1, 0.15) is 18.7 Å². The first-order chi connectivity index (χ1) is 15.2. The van der Waals surface area contributed by atoms with Crippen molar-refractivity contribution in [2.24, 2.45) is 0 Å². The summed E-state index contributed by atoms with van der Waals surface area (Å²) in [6, 6.07) is 10.6. The Morgan fingerprint density at radius 1 is 1.06 bits per heavy atom. The molecule has 1 saturated heterocycles. The summed E-state index contributed by atoms with van der Waals surface area (Å²) in [6.45, 7) is 5.64. The van der Waals surface area contributed by atoms with Crippen LogP contribution in [0.4, 0.5) is 5.69 Å². The second-order valence-corrected chi connectivity index (χ2v) is 7.43. The van der Waals surface area contributed by atoms with Crippen LogP contribution in [0.2, 0.25) is 0 Å². The lowest BCUT2D eigenvalue weighted by Gasteiger charge is -2.32. The minimum Gasteiger partial charge on any atom is -0.493 e. The van der Waals surface area contributed by atoms with Crippen LogP contribution in [0, 0.1) is 0 Å². The van der Waals surface area contributed by atoms with Gasteiger partial charge in [-0.05, 0) is 25.2 Å². The van der Waals surface area contributed by atoms with E-state index in [1.807, 2.05) is 12.1 Å². The molecule has 0 aliphatic carbocycles. The molecule has 2 aromatic carbocycles. The zero-order valence-corrected chi connectivity index (χ0v) is 17.7. The standard InChI is InChI=1S/C22H27N5O4/c1-26-6-8-27(9-7-26)10-11-30-21-13-18-19(14-20(21)29-2)23-15-24-22(18)31-17-5-3-4-16(12-17)25-28/h3-5,12-15,25,28H,6-11H2,1-2H3. The molecule has 1 aromatic heterocycles. The number of nitrogens with zero attached hydrogens (tertiary/aromatic N) is 4. The maximum atomic E-state index is 9.12. The van der Waals surface area contributed by atoms with Crippen molar-refractivity contribution in [3.05, 3.63) is 42.7 Å². The highest BCUT2D eigenvalue weighted by Crippen LogP contribution is 2.36. The van der Waals surface area contributed by atoms with Gasteiger partial charge in [0.15, 0.2) is 11.5 Å². The molecule has 1 aliphatic rings. The molecule has 0 amide bonds. The number of methoxy groups -OCH3 is 1. The van der Waals surface area contributed by atoms with Crippen molar-refractivity contribution in [3.8, 4) is 23.1 Å². The van der Waals surface area contributed by atoms with Gasteiger partial charge in [0.25, 0.3) is 0 Å². The van der Waals surface area contributed by atoms with Crippen LogP contribution in [0.5, 0.6) is 23.1 Å². The highest BCUT2D eigenvalue weighted by Gasteiger charge is 2.16. The quantitative estimate of drug-likeness (QED) is 0.529.